The van der Waals surface area contributed by atoms with Crippen molar-refractivity contribution < 1.29 is 14.7 Å². The topological polar surface area (TPSA) is 105 Å². The molecule has 20 heavy (non-hydrogen) atoms. The van der Waals surface area contributed by atoms with Gasteiger partial charge >= 0.3 is 5.97 Å². The lowest BCUT2D eigenvalue weighted by Gasteiger charge is -2.39. The molecule has 0 atom stereocenters. The molecular formula is C14H21N3O3. The molecule has 0 aliphatic rings. The van der Waals surface area contributed by atoms with Gasteiger partial charge in [-0.2, -0.15) is 0 Å². The quantitative estimate of drug-likeness (QED) is 0.762. The smallest absolute Gasteiger partial charge is 0.311 e. The number of primary amides is 1. The van der Waals surface area contributed by atoms with Gasteiger partial charge in [-0.25, -0.2) is 4.98 Å². The molecule has 0 radical (unpaired) electrons. The first-order valence-corrected chi connectivity index (χ1v) is 6.27. The Bertz CT molecular complexity index is 551. The van der Waals surface area contributed by atoms with Crippen molar-refractivity contribution in [1.82, 2.24) is 4.98 Å². The lowest BCUT2D eigenvalue weighted by Crippen LogP contribution is -2.50. The Morgan fingerprint density at radius 1 is 1.25 bits per heavy atom. The fraction of sp³-hybridized carbons (Fsp3) is 0.500. The van der Waals surface area contributed by atoms with E-state index < -0.39 is 22.8 Å². The van der Waals surface area contributed by atoms with Gasteiger partial charge in [0, 0.05) is 16.8 Å². The number of carbonyl (C=O) groups is 2. The highest BCUT2D eigenvalue weighted by Gasteiger charge is 2.43. The first-order chi connectivity index (χ1) is 8.97. The number of carboxylic acid groups (broad SMARTS) is 1. The summed E-state index contributed by atoms with van der Waals surface area (Å²) >= 11 is 0. The van der Waals surface area contributed by atoms with Crippen LogP contribution < -0.4 is 11.1 Å². The number of aliphatic carboxylic acids is 1. The molecule has 1 rings (SSSR count). The molecule has 0 fully saturated rings. The lowest BCUT2D eigenvalue weighted by molar-refractivity contribution is -0.149. The Morgan fingerprint density at radius 3 is 2.25 bits per heavy atom. The molecule has 6 nitrogen and oxygen atoms in total. The summed E-state index contributed by atoms with van der Waals surface area (Å²) in [6, 6.07) is 3.11. The molecule has 0 aromatic carbocycles. The summed E-state index contributed by atoms with van der Waals surface area (Å²) in [5, 5.41) is 12.4. The van der Waals surface area contributed by atoms with E-state index in [-0.39, 0.29) is 0 Å². The number of carboxylic acids is 1. The van der Waals surface area contributed by atoms with Gasteiger partial charge in [0.1, 0.15) is 5.82 Å². The van der Waals surface area contributed by atoms with Crippen molar-refractivity contribution >= 4 is 17.7 Å². The zero-order chi connectivity index (χ0) is 15.7. The largest absolute Gasteiger partial charge is 0.481 e. The number of amides is 1. The van der Waals surface area contributed by atoms with Crippen LogP contribution in [0.2, 0.25) is 0 Å². The van der Waals surface area contributed by atoms with E-state index >= 15 is 0 Å². The van der Waals surface area contributed by atoms with E-state index in [0.717, 1.165) is 0 Å². The van der Waals surface area contributed by atoms with E-state index in [4.69, 9.17) is 5.73 Å². The van der Waals surface area contributed by atoms with Gasteiger partial charge in [0.25, 0.3) is 0 Å². The van der Waals surface area contributed by atoms with Crippen molar-refractivity contribution in [2.24, 2.45) is 11.1 Å². The van der Waals surface area contributed by atoms with Crippen molar-refractivity contribution in [2.75, 3.05) is 5.32 Å². The maximum atomic E-state index is 11.4. The molecular weight excluding hydrogens is 258 g/mol. The van der Waals surface area contributed by atoms with Gasteiger partial charge in [0.2, 0.25) is 5.91 Å². The molecule has 0 spiro atoms. The van der Waals surface area contributed by atoms with Crippen LogP contribution in [-0.2, 0) is 4.79 Å². The SMILES string of the molecule is Cc1cc(C(N)=O)cc(NC(C)(C)C(C)(C)C(=O)O)n1. The molecule has 0 saturated heterocycles. The van der Waals surface area contributed by atoms with E-state index in [0.29, 0.717) is 17.1 Å². The average molecular weight is 279 g/mol. The van der Waals surface area contributed by atoms with E-state index in [9.17, 15) is 14.7 Å². The molecule has 0 aliphatic carbocycles. The number of pyridine rings is 1. The Kier molecular flexibility index (Phi) is 4.07. The third-order valence-corrected chi connectivity index (χ3v) is 3.78. The summed E-state index contributed by atoms with van der Waals surface area (Å²) in [4.78, 5) is 26.9. The number of nitrogens with two attached hydrogens (primary N) is 1. The minimum absolute atomic E-state index is 0.337. The third kappa shape index (κ3) is 3.07. The number of carbonyl (C=O) groups excluding carboxylic acids is 1. The Morgan fingerprint density at radius 2 is 1.80 bits per heavy atom. The van der Waals surface area contributed by atoms with Crippen LogP contribution in [0.1, 0.15) is 43.7 Å². The van der Waals surface area contributed by atoms with E-state index in [2.05, 4.69) is 10.3 Å². The van der Waals surface area contributed by atoms with Crippen LogP contribution >= 0.6 is 0 Å². The minimum Gasteiger partial charge on any atom is -0.481 e. The van der Waals surface area contributed by atoms with Gasteiger partial charge in [-0.1, -0.05) is 0 Å². The maximum Gasteiger partial charge on any atom is 0.311 e. The summed E-state index contributed by atoms with van der Waals surface area (Å²) in [5.74, 6) is -1.04. The number of aryl methyl sites for hydroxylation is 1. The fourth-order valence-corrected chi connectivity index (χ4v) is 1.62. The molecule has 0 bridgehead atoms. The molecule has 110 valence electrons. The fourth-order valence-electron chi connectivity index (χ4n) is 1.62. The number of hydrogen-bond donors (Lipinski definition) is 3. The van der Waals surface area contributed by atoms with Gasteiger partial charge in [-0.05, 0) is 46.8 Å². The highest BCUT2D eigenvalue weighted by Crippen LogP contribution is 2.33. The number of anilines is 1. The summed E-state index contributed by atoms with van der Waals surface area (Å²) in [6.07, 6.45) is 0. The van der Waals surface area contributed by atoms with Crippen LogP contribution in [0.25, 0.3) is 0 Å². The standard InChI is InChI=1S/C14H21N3O3/c1-8-6-9(11(15)18)7-10(16-8)17-14(4,5)13(2,3)12(19)20/h6-7H,1-5H3,(H2,15,18)(H,16,17)(H,19,20). The van der Waals surface area contributed by atoms with Crippen molar-refractivity contribution in [3.63, 3.8) is 0 Å². The molecule has 1 amide bonds. The number of aromatic nitrogens is 1. The van der Waals surface area contributed by atoms with Crippen molar-refractivity contribution in [3.05, 3.63) is 23.4 Å². The second-order valence-corrected chi connectivity index (χ2v) is 5.93. The highest BCUT2D eigenvalue weighted by molar-refractivity contribution is 5.93. The van der Waals surface area contributed by atoms with Gasteiger partial charge in [0.15, 0.2) is 0 Å². The maximum absolute atomic E-state index is 11.4. The van der Waals surface area contributed by atoms with Crippen LogP contribution in [0.5, 0.6) is 0 Å². The lowest BCUT2D eigenvalue weighted by atomic mass is 9.74. The number of rotatable bonds is 5. The molecule has 0 saturated carbocycles. The summed E-state index contributed by atoms with van der Waals surface area (Å²) in [5.41, 5.74) is 4.44. The van der Waals surface area contributed by atoms with E-state index in [1.807, 2.05) is 0 Å². The average Bonchev–Trinajstić information content (AvgIpc) is 2.26. The van der Waals surface area contributed by atoms with Crippen molar-refractivity contribution in [3.8, 4) is 0 Å². The Labute approximate surface area is 118 Å². The van der Waals surface area contributed by atoms with Gasteiger partial charge in [0.05, 0.1) is 5.41 Å². The van der Waals surface area contributed by atoms with Gasteiger partial charge in [-0.15, -0.1) is 0 Å². The van der Waals surface area contributed by atoms with Crippen molar-refractivity contribution in [1.29, 1.82) is 0 Å². The predicted molar refractivity (Wildman–Crippen MR) is 76.6 cm³/mol. The predicted octanol–water partition coefficient (Wildman–Crippen LogP) is 1.79. The first kappa shape index (κ1) is 15.9. The first-order valence-electron chi connectivity index (χ1n) is 6.27. The normalized spacial score (nSPS) is 12.1. The van der Waals surface area contributed by atoms with E-state index in [1.165, 1.54) is 6.07 Å². The van der Waals surface area contributed by atoms with Crippen molar-refractivity contribution in [2.45, 2.75) is 40.2 Å². The molecule has 1 heterocycles. The number of nitrogens with one attached hydrogen (secondary N) is 1. The molecule has 0 aliphatic heterocycles. The summed E-state index contributed by atoms with van der Waals surface area (Å²) in [7, 11) is 0. The number of nitrogens with zero attached hydrogens (tertiary/aromatic N) is 1. The molecule has 0 unspecified atom stereocenters. The monoisotopic (exact) mass is 279 g/mol. The van der Waals surface area contributed by atoms with E-state index in [1.54, 1.807) is 40.7 Å². The minimum atomic E-state index is -1.02. The molecule has 6 heteroatoms. The third-order valence-electron chi connectivity index (χ3n) is 3.78. The molecule has 1 aromatic rings. The Balaban J connectivity index is 3.16. The number of hydrogen-bond acceptors (Lipinski definition) is 4. The van der Waals surface area contributed by atoms with Crippen LogP contribution in [0, 0.1) is 12.3 Å². The van der Waals surface area contributed by atoms with Gasteiger partial charge < -0.3 is 16.2 Å². The second-order valence-electron chi connectivity index (χ2n) is 5.93. The zero-order valence-electron chi connectivity index (χ0n) is 12.4. The zero-order valence-corrected chi connectivity index (χ0v) is 12.4. The Hall–Kier alpha value is -2.11. The highest BCUT2D eigenvalue weighted by atomic mass is 16.4. The second kappa shape index (κ2) is 5.11. The summed E-state index contributed by atoms with van der Waals surface area (Å²) in [6.45, 7) is 8.55. The van der Waals surface area contributed by atoms with Crippen LogP contribution in [0.4, 0.5) is 5.82 Å². The molecule has 1 aromatic heterocycles. The van der Waals surface area contributed by atoms with Crippen LogP contribution in [0.15, 0.2) is 12.1 Å². The van der Waals surface area contributed by atoms with Crippen LogP contribution in [-0.4, -0.2) is 27.5 Å². The van der Waals surface area contributed by atoms with Crippen LogP contribution in [0.3, 0.4) is 0 Å². The van der Waals surface area contributed by atoms with Gasteiger partial charge in [-0.3, -0.25) is 9.59 Å². The molecule has 4 N–H and O–H groups in total. The summed E-state index contributed by atoms with van der Waals surface area (Å²) < 4.78 is 0.